The van der Waals surface area contributed by atoms with E-state index in [1.807, 2.05) is 11.8 Å². The Balaban J connectivity index is 2.21. The molecule has 6 nitrogen and oxygen atoms in total. The summed E-state index contributed by atoms with van der Waals surface area (Å²) in [5, 5.41) is 14.2. The van der Waals surface area contributed by atoms with Crippen molar-refractivity contribution in [1.82, 2.24) is 9.55 Å². The van der Waals surface area contributed by atoms with Crippen LogP contribution in [0.4, 0.5) is 11.6 Å². The number of rotatable bonds is 3. The summed E-state index contributed by atoms with van der Waals surface area (Å²) in [5.41, 5.74) is 0. The Morgan fingerprint density at radius 3 is 3.00 bits per heavy atom. The fourth-order valence-electron chi connectivity index (χ4n) is 1.93. The van der Waals surface area contributed by atoms with Gasteiger partial charge in [-0.25, -0.2) is 0 Å². The van der Waals surface area contributed by atoms with E-state index in [1.165, 1.54) is 5.75 Å². The molecule has 0 amide bonds. The lowest BCUT2D eigenvalue weighted by Gasteiger charge is -2.22. The monoisotopic (exact) mass is 256 g/mol. The third-order valence-corrected chi connectivity index (χ3v) is 4.19. The lowest BCUT2D eigenvalue weighted by Crippen LogP contribution is -2.27. The largest absolute Gasteiger partial charge is 0.406 e. The zero-order valence-corrected chi connectivity index (χ0v) is 10.8. The normalized spacial score (nSPS) is 20.2. The molecular weight excluding hydrogens is 240 g/mol. The fourth-order valence-corrected chi connectivity index (χ4v) is 3.00. The summed E-state index contributed by atoms with van der Waals surface area (Å²) < 4.78 is 1.75. The van der Waals surface area contributed by atoms with Gasteiger partial charge in [0, 0.05) is 25.8 Å². The van der Waals surface area contributed by atoms with Gasteiger partial charge in [0.1, 0.15) is 0 Å². The Hall–Kier alpha value is -1.24. The lowest BCUT2D eigenvalue weighted by molar-refractivity contribution is -0.388. The van der Waals surface area contributed by atoms with Crippen LogP contribution in [0.1, 0.15) is 18.7 Å². The molecule has 2 heterocycles. The molecule has 7 heteroatoms. The Morgan fingerprint density at radius 1 is 1.65 bits per heavy atom. The minimum absolute atomic E-state index is 0.0689. The molecule has 17 heavy (non-hydrogen) atoms. The second-order valence-corrected chi connectivity index (χ2v) is 5.36. The Bertz CT molecular complexity index is 426. The van der Waals surface area contributed by atoms with E-state index in [0.717, 1.165) is 18.6 Å². The number of nitrogens with zero attached hydrogens (tertiary/aromatic N) is 3. The Labute approximate surface area is 104 Å². The summed E-state index contributed by atoms with van der Waals surface area (Å²) in [4.78, 5) is 14.5. The topological polar surface area (TPSA) is 73.0 Å². The number of aromatic nitrogens is 2. The van der Waals surface area contributed by atoms with Crippen molar-refractivity contribution < 1.29 is 4.92 Å². The number of aryl methyl sites for hydroxylation is 1. The van der Waals surface area contributed by atoms with Gasteiger partial charge in [-0.15, -0.1) is 0 Å². The molecular formula is C10H16N4O2S. The average Bonchev–Trinajstić information content (AvgIpc) is 2.59. The molecule has 0 bridgehead atoms. The van der Waals surface area contributed by atoms with E-state index in [1.54, 1.807) is 18.5 Å². The molecule has 1 aliphatic heterocycles. The molecule has 1 aliphatic rings. The molecule has 1 aromatic rings. The van der Waals surface area contributed by atoms with E-state index in [2.05, 4.69) is 10.3 Å². The minimum Gasteiger partial charge on any atom is -0.361 e. The summed E-state index contributed by atoms with van der Waals surface area (Å²) in [5.74, 6) is 3.30. The van der Waals surface area contributed by atoms with Crippen molar-refractivity contribution in [3.05, 3.63) is 15.9 Å². The third kappa shape index (κ3) is 2.54. The standard InChI is InChI=1S/C10H16N4O2S/c1-7-11-10(14(15)16)9(13(7)2)12-8-4-3-5-17-6-8/h8,12H,3-6H2,1-2H3. The average molecular weight is 256 g/mol. The summed E-state index contributed by atoms with van der Waals surface area (Å²) >= 11 is 1.89. The highest BCUT2D eigenvalue weighted by atomic mass is 32.2. The van der Waals surface area contributed by atoms with Crippen LogP contribution in [0.15, 0.2) is 0 Å². The number of thioether (sulfide) groups is 1. The first kappa shape index (κ1) is 12.2. The van der Waals surface area contributed by atoms with Gasteiger partial charge in [0.05, 0.1) is 0 Å². The first-order chi connectivity index (χ1) is 8.09. The van der Waals surface area contributed by atoms with Gasteiger partial charge in [-0.3, -0.25) is 4.57 Å². The van der Waals surface area contributed by atoms with E-state index in [-0.39, 0.29) is 5.82 Å². The van der Waals surface area contributed by atoms with Crippen LogP contribution in [-0.2, 0) is 7.05 Å². The highest BCUT2D eigenvalue weighted by molar-refractivity contribution is 7.99. The van der Waals surface area contributed by atoms with Gasteiger partial charge in [0.2, 0.25) is 11.6 Å². The van der Waals surface area contributed by atoms with E-state index in [0.29, 0.717) is 17.7 Å². The van der Waals surface area contributed by atoms with Crippen LogP contribution < -0.4 is 5.32 Å². The second-order valence-electron chi connectivity index (χ2n) is 4.21. The molecule has 1 unspecified atom stereocenters. The van der Waals surface area contributed by atoms with Crippen molar-refractivity contribution in [1.29, 1.82) is 0 Å². The fraction of sp³-hybridized carbons (Fsp3) is 0.700. The molecule has 94 valence electrons. The zero-order valence-electron chi connectivity index (χ0n) is 9.97. The smallest absolute Gasteiger partial charge is 0.361 e. The van der Waals surface area contributed by atoms with Gasteiger partial charge in [0.15, 0.2) is 0 Å². The molecule has 1 saturated heterocycles. The van der Waals surface area contributed by atoms with E-state index < -0.39 is 4.92 Å². The van der Waals surface area contributed by atoms with E-state index in [9.17, 15) is 10.1 Å². The molecule has 1 N–H and O–H groups in total. The van der Waals surface area contributed by atoms with Crippen LogP contribution in [0.2, 0.25) is 0 Å². The lowest BCUT2D eigenvalue weighted by atomic mass is 10.2. The number of imidazole rings is 1. The van der Waals surface area contributed by atoms with Crippen LogP contribution in [0, 0.1) is 17.0 Å². The van der Waals surface area contributed by atoms with Gasteiger partial charge in [-0.05, 0) is 28.5 Å². The first-order valence-corrected chi connectivity index (χ1v) is 6.77. The molecule has 1 atom stereocenters. The zero-order chi connectivity index (χ0) is 12.4. The van der Waals surface area contributed by atoms with Gasteiger partial charge >= 0.3 is 5.82 Å². The van der Waals surface area contributed by atoms with E-state index in [4.69, 9.17) is 0 Å². The highest BCUT2D eigenvalue weighted by Crippen LogP contribution is 2.27. The van der Waals surface area contributed by atoms with Crippen molar-refractivity contribution >= 4 is 23.4 Å². The molecule has 0 aliphatic carbocycles. The van der Waals surface area contributed by atoms with Crippen LogP contribution >= 0.6 is 11.8 Å². The SMILES string of the molecule is Cc1nc([N+](=O)[O-])c(NC2CCCSC2)n1C. The maximum Gasteiger partial charge on any atom is 0.406 e. The van der Waals surface area contributed by atoms with Crippen molar-refractivity contribution in [2.75, 3.05) is 16.8 Å². The summed E-state index contributed by atoms with van der Waals surface area (Å²) in [6, 6.07) is 0.308. The van der Waals surface area contributed by atoms with Gasteiger partial charge in [0.25, 0.3) is 0 Å². The van der Waals surface area contributed by atoms with Gasteiger partial charge in [-0.1, -0.05) is 0 Å². The van der Waals surface area contributed by atoms with Crippen molar-refractivity contribution in [3.63, 3.8) is 0 Å². The van der Waals surface area contributed by atoms with Crippen molar-refractivity contribution in [2.45, 2.75) is 25.8 Å². The number of hydrogen-bond acceptors (Lipinski definition) is 5. The summed E-state index contributed by atoms with van der Waals surface area (Å²) in [6.07, 6.45) is 2.22. The molecule has 1 fully saturated rings. The van der Waals surface area contributed by atoms with Crippen molar-refractivity contribution in [3.8, 4) is 0 Å². The predicted octanol–water partition coefficient (Wildman–Crippen LogP) is 1.94. The van der Waals surface area contributed by atoms with Crippen LogP contribution in [0.3, 0.4) is 0 Å². The van der Waals surface area contributed by atoms with Crippen LogP contribution in [0.5, 0.6) is 0 Å². The van der Waals surface area contributed by atoms with Gasteiger partial charge < -0.3 is 15.4 Å². The predicted molar refractivity (Wildman–Crippen MR) is 68.6 cm³/mol. The molecule has 1 aromatic heterocycles. The number of nitro groups is 1. The number of hydrogen-bond donors (Lipinski definition) is 1. The van der Waals surface area contributed by atoms with Crippen LogP contribution in [0.25, 0.3) is 0 Å². The molecule has 0 radical (unpaired) electrons. The third-order valence-electron chi connectivity index (χ3n) is 2.97. The van der Waals surface area contributed by atoms with E-state index >= 15 is 0 Å². The second kappa shape index (κ2) is 4.95. The Kier molecular flexibility index (Phi) is 3.56. The van der Waals surface area contributed by atoms with Crippen LogP contribution in [-0.4, -0.2) is 32.0 Å². The quantitative estimate of drug-likeness (QED) is 0.661. The first-order valence-electron chi connectivity index (χ1n) is 5.61. The highest BCUT2D eigenvalue weighted by Gasteiger charge is 2.26. The Morgan fingerprint density at radius 2 is 2.41 bits per heavy atom. The molecule has 0 aromatic carbocycles. The molecule has 2 rings (SSSR count). The number of anilines is 1. The summed E-state index contributed by atoms with van der Waals surface area (Å²) in [7, 11) is 1.80. The molecule has 0 saturated carbocycles. The summed E-state index contributed by atoms with van der Waals surface area (Å²) in [6.45, 7) is 1.77. The molecule has 0 spiro atoms. The maximum absolute atomic E-state index is 10.9. The minimum atomic E-state index is -0.425. The number of nitrogens with one attached hydrogen (secondary N) is 1. The maximum atomic E-state index is 10.9. The van der Waals surface area contributed by atoms with Crippen molar-refractivity contribution in [2.24, 2.45) is 7.05 Å². The van der Waals surface area contributed by atoms with Gasteiger partial charge in [-0.2, -0.15) is 11.8 Å².